The molecule has 3 rings (SSSR count). The Morgan fingerprint density at radius 1 is 1.04 bits per heavy atom. The Hall–Kier alpha value is -2.08. The number of anilines is 2. The molecule has 0 aromatic heterocycles. The highest BCUT2D eigenvalue weighted by molar-refractivity contribution is 6.13. The van der Waals surface area contributed by atoms with Gasteiger partial charge in [0, 0.05) is 31.0 Å². The van der Waals surface area contributed by atoms with Gasteiger partial charge in [0.1, 0.15) is 5.41 Å². The van der Waals surface area contributed by atoms with E-state index in [2.05, 4.69) is 32.6 Å². The summed E-state index contributed by atoms with van der Waals surface area (Å²) in [5.41, 5.74) is 1.09. The van der Waals surface area contributed by atoms with Gasteiger partial charge in [-0.2, -0.15) is 0 Å². The predicted octanol–water partition coefficient (Wildman–Crippen LogP) is 2.46. The molecular weight excluding hydrogens is 340 g/mol. The second kappa shape index (κ2) is 8.74. The molecule has 1 aliphatic heterocycles. The first kappa shape index (κ1) is 19.7. The molecule has 1 heterocycles. The molecule has 0 bridgehead atoms. The Balaban J connectivity index is 1.51. The van der Waals surface area contributed by atoms with E-state index in [0.717, 1.165) is 31.7 Å². The van der Waals surface area contributed by atoms with Gasteiger partial charge in [0.25, 0.3) is 0 Å². The summed E-state index contributed by atoms with van der Waals surface area (Å²) < 4.78 is 0. The van der Waals surface area contributed by atoms with Crippen molar-refractivity contribution in [3.63, 3.8) is 0 Å². The van der Waals surface area contributed by atoms with Crippen LogP contribution >= 0.6 is 0 Å². The Morgan fingerprint density at radius 3 is 2.30 bits per heavy atom. The zero-order valence-electron chi connectivity index (χ0n) is 16.6. The van der Waals surface area contributed by atoms with Gasteiger partial charge in [-0.3, -0.25) is 9.59 Å². The van der Waals surface area contributed by atoms with Gasteiger partial charge in [-0.15, -0.1) is 0 Å². The van der Waals surface area contributed by atoms with Crippen LogP contribution in [0, 0.1) is 5.41 Å². The first-order chi connectivity index (χ1) is 13.0. The van der Waals surface area contributed by atoms with Gasteiger partial charge in [-0.1, -0.05) is 0 Å². The monoisotopic (exact) mass is 372 g/mol. The number of carbonyl (C=O) groups excluding carboxylic acids is 2. The molecule has 1 aliphatic carbocycles. The van der Waals surface area contributed by atoms with Crippen molar-refractivity contribution in [2.24, 2.45) is 5.41 Å². The molecule has 6 heteroatoms. The summed E-state index contributed by atoms with van der Waals surface area (Å²) in [6.07, 6.45) is 5.93. The SMILES string of the molecule is CN(C)CCCNC(=O)C1(C(=O)Nc2ccc(N3CCCCC3)cc2)CC1. The van der Waals surface area contributed by atoms with Gasteiger partial charge in [-0.05, 0) is 83.4 Å². The molecule has 148 valence electrons. The van der Waals surface area contributed by atoms with Gasteiger partial charge < -0.3 is 20.4 Å². The first-order valence-electron chi connectivity index (χ1n) is 10.1. The molecular formula is C21H32N4O2. The molecule has 2 amide bonds. The van der Waals surface area contributed by atoms with Gasteiger partial charge in [0.05, 0.1) is 0 Å². The number of hydrogen-bond donors (Lipinski definition) is 2. The number of amides is 2. The van der Waals surface area contributed by atoms with Crippen LogP contribution in [-0.4, -0.2) is 57.0 Å². The number of rotatable bonds is 8. The Labute approximate surface area is 162 Å². The molecule has 1 saturated carbocycles. The molecule has 0 atom stereocenters. The standard InChI is InChI=1S/C21H32N4O2/c1-24(2)14-6-13-22-19(26)21(11-12-21)20(27)23-17-7-9-18(10-8-17)25-15-4-3-5-16-25/h7-10H,3-6,11-16H2,1-2H3,(H,22,26)(H,23,27). The van der Waals surface area contributed by atoms with E-state index >= 15 is 0 Å². The lowest BCUT2D eigenvalue weighted by Crippen LogP contribution is -2.40. The van der Waals surface area contributed by atoms with E-state index in [-0.39, 0.29) is 11.8 Å². The summed E-state index contributed by atoms with van der Waals surface area (Å²) >= 11 is 0. The fourth-order valence-electron chi connectivity index (χ4n) is 3.61. The van der Waals surface area contributed by atoms with Crippen molar-refractivity contribution in [2.45, 2.75) is 38.5 Å². The summed E-state index contributed by atoms with van der Waals surface area (Å²) in [6, 6.07) is 7.99. The van der Waals surface area contributed by atoms with Crippen LogP contribution in [0.25, 0.3) is 0 Å². The largest absolute Gasteiger partial charge is 0.372 e. The van der Waals surface area contributed by atoms with Crippen molar-refractivity contribution in [3.8, 4) is 0 Å². The maximum atomic E-state index is 12.7. The van der Waals surface area contributed by atoms with Crippen LogP contribution in [0.15, 0.2) is 24.3 Å². The smallest absolute Gasteiger partial charge is 0.240 e. The average molecular weight is 373 g/mol. The van der Waals surface area contributed by atoms with Crippen LogP contribution in [-0.2, 0) is 9.59 Å². The van der Waals surface area contributed by atoms with Gasteiger partial charge in [0.2, 0.25) is 11.8 Å². The summed E-state index contributed by atoms with van der Waals surface area (Å²) in [6.45, 7) is 3.73. The average Bonchev–Trinajstić information content (AvgIpc) is 3.48. The van der Waals surface area contributed by atoms with Crippen LogP contribution in [0.3, 0.4) is 0 Å². The van der Waals surface area contributed by atoms with Crippen LogP contribution in [0.1, 0.15) is 38.5 Å². The number of carbonyl (C=O) groups is 2. The molecule has 1 aromatic rings. The van der Waals surface area contributed by atoms with Crippen molar-refractivity contribution in [1.29, 1.82) is 0 Å². The lowest BCUT2D eigenvalue weighted by molar-refractivity contribution is -0.134. The highest BCUT2D eigenvalue weighted by Gasteiger charge is 2.56. The predicted molar refractivity (Wildman–Crippen MR) is 109 cm³/mol. The minimum absolute atomic E-state index is 0.135. The van der Waals surface area contributed by atoms with Crippen LogP contribution in [0.4, 0.5) is 11.4 Å². The minimum atomic E-state index is -0.871. The molecule has 0 radical (unpaired) electrons. The van der Waals surface area contributed by atoms with Crippen molar-refractivity contribution < 1.29 is 9.59 Å². The van der Waals surface area contributed by atoms with E-state index in [1.165, 1.54) is 24.9 Å². The Morgan fingerprint density at radius 2 is 1.70 bits per heavy atom. The molecule has 0 spiro atoms. The van der Waals surface area contributed by atoms with Crippen LogP contribution in [0.2, 0.25) is 0 Å². The molecule has 1 aromatic carbocycles. The van der Waals surface area contributed by atoms with Gasteiger partial charge in [-0.25, -0.2) is 0 Å². The van der Waals surface area contributed by atoms with E-state index in [4.69, 9.17) is 0 Å². The van der Waals surface area contributed by atoms with Crippen LogP contribution < -0.4 is 15.5 Å². The fourth-order valence-corrected chi connectivity index (χ4v) is 3.61. The molecule has 27 heavy (non-hydrogen) atoms. The van der Waals surface area contributed by atoms with E-state index in [9.17, 15) is 9.59 Å². The second-order valence-electron chi connectivity index (χ2n) is 8.04. The quantitative estimate of drug-likeness (QED) is 0.543. The lowest BCUT2D eigenvalue weighted by Gasteiger charge is -2.28. The Bertz CT molecular complexity index is 647. The van der Waals surface area contributed by atoms with E-state index in [0.29, 0.717) is 19.4 Å². The molecule has 2 fully saturated rings. The minimum Gasteiger partial charge on any atom is -0.372 e. The maximum Gasteiger partial charge on any atom is 0.240 e. The van der Waals surface area contributed by atoms with Crippen molar-refractivity contribution in [3.05, 3.63) is 24.3 Å². The molecule has 6 nitrogen and oxygen atoms in total. The molecule has 1 saturated heterocycles. The number of piperidine rings is 1. The number of nitrogens with zero attached hydrogens (tertiary/aromatic N) is 2. The van der Waals surface area contributed by atoms with E-state index in [1.807, 2.05) is 26.2 Å². The highest BCUT2D eigenvalue weighted by atomic mass is 16.2. The third kappa shape index (κ3) is 5.01. The van der Waals surface area contributed by atoms with Crippen LogP contribution in [0.5, 0.6) is 0 Å². The van der Waals surface area contributed by atoms with Crippen molar-refractivity contribution >= 4 is 23.2 Å². The van der Waals surface area contributed by atoms with Crippen molar-refractivity contribution in [1.82, 2.24) is 10.2 Å². The zero-order valence-corrected chi connectivity index (χ0v) is 16.6. The Kier molecular flexibility index (Phi) is 6.37. The summed E-state index contributed by atoms with van der Waals surface area (Å²) in [7, 11) is 4.02. The maximum absolute atomic E-state index is 12.7. The summed E-state index contributed by atoms with van der Waals surface area (Å²) in [5, 5.41) is 5.86. The van der Waals surface area contributed by atoms with Gasteiger partial charge in [0.15, 0.2) is 0 Å². The van der Waals surface area contributed by atoms with Crippen molar-refractivity contribution in [2.75, 3.05) is 50.5 Å². The molecule has 2 N–H and O–H groups in total. The highest BCUT2D eigenvalue weighted by Crippen LogP contribution is 2.46. The summed E-state index contributed by atoms with van der Waals surface area (Å²) in [4.78, 5) is 29.6. The first-order valence-corrected chi connectivity index (χ1v) is 10.1. The third-order valence-corrected chi connectivity index (χ3v) is 5.53. The number of hydrogen-bond acceptors (Lipinski definition) is 4. The van der Waals surface area contributed by atoms with E-state index < -0.39 is 5.41 Å². The number of nitrogens with one attached hydrogen (secondary N) is 2. The topological polar surface area (TPSA) is 64.7 Å². The summed E-state index contributed by atoms with van der Waals surface area (Å²) in [5.74, 6) is -0.318. The van der Waals surface area contributed by atoms with E-state index in [1.54, 1.807) is 0 Å². The zero-order chi connectivity index (χ0) is 19.3. The lowest BCUT2D eigenvalue weighted by atomic mass is 10.0. The third-order valence-electron chi connectivity index (χ3n) is 5.53. The molecule has 0 unspecified atom stereocenters. The van der Waals surface area contributed by atoms with Gasteiger partial charge >= 0.3 is 0 Å². The number of benzene rings is 1. The second-order valence-corrected chi connectivity index (χ2v) is 8.04. The molecule has 2 aliphatic rings. The fraction of sp³-hybridized carbons (Fsp3) is 0.619. The normalized spacial score (nSPS) is 18.3.